The van der Waals surface area contributed by atoms with Crippen molar-refractivity contribution in [1.82, 2.24) is 0 Å². The van der Waals surface area contributed by atoms with E-state index in [-0.39, 0.29) is 6.10 Å². The molecule has 0 radical (unpaired) electrons. The maximum atomic E-state index is 10.1. The minimum atomic E-state index is -1.11. The number of hydrogen-bond acceptors (Lipinski definition) is 6. The van der Waals surface area contributed by atoms with Crippen LogP contribution in [0.25, 0.3) is 0 Å². The van der Waals surface area contributed by atoms with Crippen LogP contribution in [-0.2, 0) is 18.9 Å². The molecule has 2 saturated heterocycles. The Labute approximate surface area is 113 Å². The van der Waals surface area contributed by atoms with Crippen molar-refractivity contribution in [1.29, 1.82) is 0 Å². The lowest BCUT2D eigenvalue weighted by atomic mass is 9.98. The van der Waals surface area contributed by atoms with Crippen LogP contribution in [0, 0.1) is 0 Å². The second-order valence-electron chi connectivity index (χ2n) is 5.26. The predicted octanol–water partition coefficient (Wildman–Crippen LogP) is 0.400. The molecule has 112 valence electrons. The second-order valence-corrected chi connectivity index (χ2v) is 5.26. The molecule has 0 bridgehead atoms. The highest BCUT2D eigenvalue weighted by molar-refractivity contribution is 4.92. The molecule has 2 rings (SSSR count). The van der Waals surface area contributed by atoms with Crippen molar-refractivity contribution in [3.8, 4) is 0 Å². The summed E-state index contributed by atoms with van der Waals surface area (Å²) in [5.74, 6) is 0. The lowest BCUT2D eigenvalue weighted by Gasteiger charge is -2.46. The first-order chi connectivity index (χ1) is 9.02. The van der Waals surface area contributed by atoms with Crippen molar-refractivity contribution in [2.45, 2.75) is 76.7 Å². The van der Waals surface area contributed by atoms with E-state index in [1.165, 1.54) is 0 Å². The van der Waals surface area contributed by atoms with Crippen LogP contribution >= 0.6 is 0 Å². The van der Waals surface area contributed by atoms with E-state index in [1.807, 2.05) is 6.92 Å². The van der Waals surface area contributed by atoms with Gasteiger partial charge in [0.15, 0.2) is 12.6 Å². The normalized spacial score (nSPS) is 44.7. The molecule has 2 aliphatic heterocycles. The van der Waals surface area contributed by atoms with Gasteiger partial charge in [0, 0.05) is 0 Å². The summed E-state index contributed by atoms with van der Waals surface area (Å²) in [5.41, 5.74) is 0. The fourth-order valence-corrected chi connectivity index (χ4v) is 2.51. The molecule has 0 aliphatic carbocycles. The SMILES string of the molecule is CCC[C@@H](C)OC1OC2COC(C)OC2C(O)C1O. The van der Waals surface area contributed by atoms with E-state index in [9.17, 15) is 10.2 Å². The van der Waals surface area contributed by atoms with Gasteiger partial charge in [-0.25, -0.2) is 0 Å². The zero-order valence-electron chi connectivity index (χ0n) is 11.7. The summed E-state index contributed by atoms with van der Waals surface area (Å²) in [5, 5.41) is 20.2. The number of fused-ring (bicyclic) bond motifs is 1. The Kier molecular flexibility index (Phi) is 5.16. The minimum absolute atomic E-state index is 0.0299. The van der Waals surface area contributed by atoms with Crippen LogP contribution in [0.4, 0.5) is 0 Å². The quantitative estimate of drug-likeness (QED) is 0.774. The van der Waals surface area contributed by atoms with Gasteiger partial charge in [0.2, 0.25) is 0 Å². The molecule has 2 fully saturated rings. The molecule has 6 heteroatoms. The van der Waals surface area contributed by atoms with Gasteiger partial charge in [-0.1, -0.05) is 13.3 Å². The molecule has 19 heavy (non-hydrogen) atoms. The number of rotatable bonds is 4. The molecule has 2 aliphatic rings. The second kappa shape index (κ2) is 6.47. The zero-order valence-corrected chi connectivity index (χ0v) is 11.7. The summed E-state index contributed by atoms with van der Waals surface area (Å²) >= 11 is 0. The van der Waals surface area contributed by atoms with Crippen LogP contribution in [0.1, 0.15) is 33.6 Å². The van der Waals surface area contributed by atoms with Gasteiger partial charge in [-0.3, -0.25) is 0 Å². The maximum Gasteiger partial charge on any atom is 0.186 e. The van der Waals surface area contributed by atoms with E-state index in [0.717, 1.165) is 12.8 Å². The first-order valence-electron chi connectivity index (χ1n) is 6.97. The third-order valence-corrected chi connectivity index (χ3v) is 3.55. The molecular weight excluding hydrogens is 252 g/mol. The third-order valence-electron chi connectivity index (χ3n) is 3.55. The lowest BCUT2D eigenvalue weighted by molar-refractivity contribution is -0.360. The highest BCUT2D eigenvalue weighted by Crippen LogP contribution is 2.29. The van der Waals surface area contributed by atoms with E-state index in [0.29, 0.717) is 6.61 Å². The van der Waals surface area contributed by atoms with Crippen LogP contribution in [0.2, 0.25) is 0 Å². The smallest absolute Gasteiger partial charge is 0.186 e. The molecular formula is C13H24O6. The Morgan fingerprint density at radius 1 is 1.26 bits per heavy atom. The summed E-state index contributed by atoms with van der Waals surface area (Å²) < 4.78 is 22.1. The van der Waals surface area contributed by atoms with E-state index in [2.05, 4.69) is 6.92 Å². The number of aliphatic hydroxyl groups excluding tert-OH is 2. The van der Waals surface area contributed by atoms with E-state index in [4.69, 9.17) is 18.9 Å². The third kappa shape index (κ3) is 3.45. The van der Waals surface area contributed by atoms with Gasteiger partial charge in [0.1, 0.15) is 24.4 Å². The average Bonchev–Trinajstić information content (AvgIpc) is 2.37. The average molecular weight is 276 g/mol. The van der Waals surface area contributed by atoms with Crippen LogP contribution in [0.15, 0.2) is 0 Å². The first kappa shape index (κ1) is 15.2. The number of hydrogen-bond donors (Lipinski definition) is 2. The minimum Gasteiger partial charge on any atom is -0.387 e. The molecule has 0 spiro atoms. The monoisotopic (exact) mass is 276 g/mol. The standard InChI is InChI=1S/C13H24O6/c1-4-5-7(2)17-13-11(15)10(14)12-9(19-13)6-16-8(3)18-12/h7-15H,4-6H2,1-3H3/t7-,8?,9?,10?,11?,12?,13?/m1/s1. The van der Waals surface area contributed by atoms with Crippen molar-refractivity contribution < 1.29 is 29.2 Å². The van der Waals surface area contributed by atoms with Crippen LogP contribution in [-0.4, -0.2) is 59.9 Å². The summed E-state index contributed by atoms with van der Waals surface area (Å²) in [6.07, 6.45) is -2.51. The summed E-state index contributed by atoms with van der Waals surface area (Å²) in [7, 11) is 0. The van der Waals surface area contributed by atoms with Crippen LogP contribution < -0.4 is 0 Å². The molecule has 0 saturated carbocycles. The lowest BCUT2D eigenvalue weighted by Crippen LogP contribution is -2.63. The molecule has 0 aromatic carbocycles. The molecule has 0 aromatic rings. The van der Waals surface area contributed by atoms with Gasteiger partial charge < -0.3 is 29.2 Å². The molecule has 2 N–H and O–H groups in total. The maximum absolute atomic E-state index is 10.1. The fraction of sp³-hybridized carbons (Fsp3) is 1.00. The topological polar surface area (TPSA) is 77.4 Å². The number of ether oxygens (including phenoxy) is 4. The van der Waals surface area contributed by atoms with Gasteiger partial charge in [-0.05, 0) is 20.3 Å². The van der Waals surface area contributed by atoms with Crippen molar-refractivity contribution in [3.63, 3.8) is 0 Å². The zero-order chi connectivity index (χ0) is 14.0. The Morgan fingerprint density at radius 2 is 2.00 bits per heavy atom. The van der Waals surface area contributed by atoms with Crippen molar-refractivity contribution in [2.75, 3.05) is 6.61 Å². The van der Waals surface area contributed by atoms with Gasteiger partial charge in [0.05, 0.1) is 12.7 Å². The molecule has 6 unspecified atom stereocenters. The van der Waals surface area contributed by atoms with E-state index < -0.39 is 37.0 Å². The van der Waals surface area contributed by atoms with Gasteiger partial charge >= 0.3 is 0 Å². The Morgan fingerprint density at radius 3 is 2.68 bits per heavy atom. The van der Waals surface area contributed by atoms with Gasteiger partial charge in [-0.15, -0.1) is 0 Å². The number of aliphatic hydroxyl groups is 2. The van der Waals surface area contributed by atoms with Gasteiger partial charge in [0.25, 0.3) is 0 Å². The van der Waals surface area contributed by atoms with Crippen LogP contribution in [0.5, 0.6) is 0 Å². The summed E-state index contributed by atoms with van der Waals surface area (Å²) in [6, 6.07) is 0. The van der Waals surface area contributed by atoms with E-state index in [1.54, 1.807) is 6.92 Å². The highest BCUT2D eigenvalue weighted by Gasteiger charge is 2.48. The van der Waals surface area contributed by atoms with Crippen molar-refractivity contribution in [3.05, 3.63) is 0 Å². The molecule has 6 nitrogen and oxygen atoms in total. The molecule has 0 aromatic heterocycles. The molecule has 2 heterocycles. The largest absolute Gasteiger partial charge is 0.387 e. The fourth-order valence-electron chi connectivity index (χ4n) is 2.51. The van der Waals surface area contributed by atoms with E-state index >= 15 is 0 Å². The summed E-state index contributed by atoms with van der Waals surface area (Å²) in [4.78, 5) is 0. The Hall–Kier alpha value is -0.240. The predicted molar refractivity (Wildman–Crippen MR) is 66.4 cm³/mol. The Balaban J connectivity index is 1.96. The molecule has 0 amide bonds. The highest BCUT2D eigenvalue weighted by atomic mass is 16.8. The Bertz CT molecular complexity index is 284. The van der Waals surface area contributed by atoms with Crippen LogP contribution in [0.3, 0.4) is 0 Å². The molecule has 7 atom stereocenters. The van der Waals surface area contributed by atoms with Crippen molar-refractivity contribution >= 4 is 0 Å². The summed E-state index contributed by atoms with van der Waals surface area (Å²) in [6.45, 7) is 6.07. The first-order valence-corrected chi connectivity index (χ1v) is 6.97. The van der Waals surface area contributed by atoms with Crippen molar-refractivity contribution in [2.24, 2.45) is 0 Å². The van der Waals surface area contributed by atoms with Gasteiger partial charge in [-0.2, -0.15) is 0 Å².